The second-order valence-electron chi connectivity index (χ2n) is 6.40. The minimum atomic E-state index is 0.0917. The Hall–Kier alpha value is -3.35. The Bertz CT molecular complexity index is 1300. The number of rotatable bonds is 3. The summed E-state index contributed by atoms with van der Waals surface area (Å²) in [6.45, 7) is 2.07. The second-order valence-corrected chi connectivity index (χ2v) is 6.40. The van der Waals surface area contributed by atoms with Gasteiger partial charge in [-0.1, -0.05) is 43.3 Å². The minimum Gasteiger partial charge on any atom is -0.451 e. The number of anilines is 1. The smallest absolute Gasteiger partial charge is 0.163 e. The summed E-state index contributed by atoms with van der Waals surface area (Å²) in [4.78, 5) is 4.75. The number of nitrogens with zero attached hydrogens (tertiary/aromatic N) is 3. The summed E-state index contributed by atoms with van der Waals surface area (Å²) in [5.41, 5.74) is 4.11. The first kappa shape index (κ1) is 15.9. The average molecular weight is 359 g/mol. The second kappa shape index (κ2) is 5.84. The predicted molar refractivity (Wildman–Crippen MR) is 104 cm³/mol. The summed E-state index contributed by atoms with van der Waals surface area (Å²) in [5, 5.41) is 20.9. The predicted octanol–water partition coefficient (Wildman–Crippen LogP) is 5.07. The van der Waals surface area contributed by atoms with Crippen LogP contribution in [0.1, 0.15) is 12.7 Å². The molecular formula is C21H17N3O3. The third-order valence-corrected chi connectivity index (χ3v) is 4.89. The highest BCUT2D eigenvalue weighted by molar-refractivity contribution is 6.11. The SMILES string of the molecule is CCc1nc2ccccc2n1-c1cccc2c1oc1c(N(O)O)cccc12. The van der Waals surface area contributed by atoms with Gasteiger partial charge in [0.15, 0.2) is 11.2 Å². The van der Waals surface area contributed by atoms with E-state index in [2.05, 4.69) is 11.5 Å². The summed E-state index contributed by atoms with van der Waals surface area (Å²) in [6.07, 6.45) is 0.775. The third-order valence-electron chi connectivity index (χ3n) is 4.89. The molecule has 0 saturated heterocycles. The Morgan fingerprint density at radius 3 is 2.44 bits per heavy atom. The quantitative estimate of drug-likeness (QED) is 0.440. The molecule has 3 aromatic carbocycles. The van der Waals surface area contributed by atoms with E-state index in [-0.39, 0.29) is 10.9 Å². The maximum absolute atomic E-state index is 9.54. The fraction of sp³-hybridized carbons (Fsp3) is 0.0952. The van der Waals surface area contributed by atoms with E-state index >= 15 is 0 Å². The van der Waals surface area contributed by atoms with Gasteiger partial charge in [0.25, 0.3) is 0 Å². The van der Waals surface area contributed by atoms with Crippen LogP contribution in [0.5, 0.6) is 0 Å². The van der Waals surface area contributed by atoms with Gasteiger partial charge in [-0.25, -0.2) is 4.98 Å². The van der Waals surface area contributed by atoms with Crippen LogP contribution in [-0.2, 0) is 6.42 Å². The molecule has 0 atom stereocenters. The molecule has 6 nitrogen and oxygen atoms in total. The van der Waals surface area contributed by atoms with Crippen LogP contribution in [0, 0.1) is 0 Å². The van der Waals surface area contributed by atoms with Crippen molar-refractivity contribution in [2.45, 2.75) is 13.3 Å². The summed E-state index contributed by atoms with van der Waals surface area (Å²) in [5.74, 6) is 0.940. The van der Waals surface area contributed by atoms with Crippen LogP contribution in [0.15, 0.2) is 65.1 Å². The van der Waals surface area contributed by atoms with Crippen molar-refractivity contribution in [1.82, 2.24) is 9.55 Å². The number of para-hydroxylation sites is 4. The van der Waals surface area contributed by atoms with Gasteiger partial charge in [-0.2, -0.15) is 0 Å². The molecule has 0 spiro atoms. The van der Waals surface area contributed by atoms with E-state index in [0.29, 0.717) is 11.2 Å². The standard InChI is InChI=1S/C21H17N3O3/c1-2-19-22-15-9-3-4-10-16(15)23(19)17-11-5-7-13-14-8-6-12-18(24(25)26)21(14)27-20(13)17/h3-12,25-26H,2H2,1H3. The van der Waals surface area contributed by atoms with Crippen molar-refractivity contribution in [2.75, 3.05) is 5.23 Å². The first-order valence-electron chi connectivity index (χ1n) is 8.78. The van der Waals surface area contributed by atoms with Crippen molar-refractivity contribution in [3.05, 3.63) is 66.5 Å². The summed E-state index contributed by atoms with van der Waals surface area (Å²) in [7, 11) is 0. The van der Waals surface area contributed by atoms with Gasteiger partial charge in [0.2, 0.25) is 0 Å². The Morgan fingerprint density at radius 1 is 0.926 bits per heavy atom. The number of fused-ring (bicyclic) bond motifs is 4. The highest BCUT2D eigenvalue weighted by Gasteiger charge is 2.19. The van der Waals surface area contributed by atoms with E-state index in [4.69, 9.17) is 9.40 Å². The molecule has 0 unspecified atom stereocenters. The first-order chi connectivity index (χ1) is 13.2. The maximum atomic E-state index is 9.54. The molecule has 0 aliphatic carbocycles. The lowest BCUT2D eigenvalue weighted by atomic mass is 10.1. The van der Waals surface area contributed by atoms with Gasteiger partial charge < -0.3 is 4.42 Å². The molecule has 2 aromatic heterocycles. The van der Waals surface area contributed by atoms with Crippen molar-refractivity contribution in [1.29, 1.82) is 0 Å². The molecular weight excluding hydrogens is 342 g/mol. The van der Waals surface area contributed by atoms with Crippen LogP contribution in [0.4, 0.5) is 5.69 Å². The summed E-state index contributed by atoms with van der Waals surface area (Å²) in [6, 6.07) is 19.2. The highest BCUT2D eigenvalue weighted by Crippen LogP contribution is 2.38. The zero-order chi connectivity index (χ0) is 18.5. The molecule has 0 saturated carbocycles. The largest absolute Gasteiger partial charge is 0.451 e. The normalized spacial score (nSPS) is 11.7. The van der Waals surface area contributed by atoms with Crippen molar-refractivity contribution in [3.63, 3.8) is 0 Å². The molecule has 0 radical (unpaired) electrons. The molecule has 5 aromatic rings. The lowest BCUT2D eigenvalue weighted by Gasteiger charge is -2.09. The Balaban J connectivity index is 1.91. The molecule has 2 N–H and O–H groups in total. The molecule has 134 valence electrons. The molecule has 6 heteroatoms. The van der Waals surface area contributed by atoms with Crippen LogP contribution < -0.4 is 5.23 Å². The van der Waals surface area contributed by atoms with Gasteiger partial charge in [0.05, 0.1) is 16.7 Å². The highest BCUT2D eigenvalue weighted by atomic mass is 16.8. The van der Waals surface area contributed by atoms with Crippen LogP contribution >= 0.6 is 0 Å². The van der Waals surface area contributed by atoms with Gasteiger partial charge in [-0.15, -0.1) is 5.23 Å². The molecule has 0 amide bonds. The zero-order valence-corrected chi connectivity index (χ0v) is 14.6. The number of hydrogen-bond donors (Lipinski definition) is 2. The van der Waals surface area contributed by atoms with Crippen molar-refractivity contribution >= 4 is 38.7 Å². The number of aryl methyl sites for hydroxylation is 1. The third kappa shape index (κ3) is 2.24. The van der Waals surface area contributed by atoms with Crippen LogP contribution in [0.2, 0.25) is 0 Å². The van der Waals surface area contributed by atoms with Gasteiger partial charge in [-0.3, -0.25) is 15.0 Å². The lowest BCUT2D eigenvalue weighted by Crippen LogP contribution is -2.10. The van der Waals surface area contributed by atoms with Gasteiger partial charge >= 0.3 is 0 Å². The van der Waals surface area contributed by atoms with Crippen molar-refractivity contribution in [2.24, 2.45) is 0 Å². The van der Waals surface area contributed by atoms with E-state index in [1.165, 1.54) is 0 Å². The molecule has 0 aliphatic heterocycles. The first-order valence-corrected chi connectivity index (χ1v) is 8.78. The minimum absolute atomic E-state index is 0.0917. The zero-order valence-electron chi connectivity index (χ0n) is 14.6. The van der Waals surface area contributed by atoms with Crippen molar-refractivity contribution < 1.29 is 14.8 Å². The summed E-state index contributed by atoms with van der Waals surface area (Å²) >= 11 is 0. The van der Waals surface area contributed by atoms with Crippen LogP contribution in [0.3, 0.4) is 0 Å². The molecule has 27 heavy (non-hydrogen) atoms. The topological polar surface area (TPSA) is 74.7 Å². The molecule has 0 aliphatic rings. The van der Waals surface area contributed by atoms with E-state index in [0.717, 1.165) is 39.7 Å². The van der Waals surface area contributed by atoms with Crippen LogP contribution in [-0.4, -0.2) is 20.0 Å². The Kier molecular flexibility index (Phi) is 3.43. The number of hydrogen-bond acceptors (Lipinski definition) is 5. The van der Waals surface area contributed by atoms with E-state index in [1.807, 2.05) is 48.5 Å². The lowest BCUT2D eigenvalue weighted by molar-refractivity contribution is 0.0295. The van der Waals surface area contributed by atoms with E-state index in [9.17, 15) is 10.4 Å². The van der Waals surface area contributed by atoms with E-state index < -0.39 is 0 Å². The van der Waals surface area contributed by atoms with Gasteiger partial charge in [0, 0.05) is 17.2 Å². The van der Waals surface area contributed by atoms with Gasteiger partial charge in [0.1, 0.15) is 11.5 Å². The molecule has 0 fully saturated rings. The van der Waals surface area contributed by atoms with Gasteiger partial charge in [-0.05, 0) is 24.3 Å². The Morgan fingerprint density at radius 2 is 1.67 bits per heavy atom. The fourth-order valence-corrected chi connectivity index (χ4v) is 3.71. The van der Waals surface area contributed by atoms with Crippen molar-refractivity contribution in [3.8, 4) is 5.69 Å². The number of imidazole rings is 1. The average Bonchev–Trinajstić information content (AvgIpc) is 3.25. The maximum Gasteiger partial charge on any atom is 0.163 e. The van der Waals surface area contributed by atoms with Crippen LogP contribution in [0.25, 0.3) is 38.7 Å². The van der Waals surface area contributed by atoms with E-state index in [1.54, 1.807) is 12.1 Å². The fourth-order valence-electron chi connectivity index (χ4n) is 3.71. The summed E-state index contributed by atoms with van der Waals surface area (Å²) < 4.78 is 8.24. The number of benzene rings is 3. The molecule has 2 heterocycles. The molecule has 0 bridgehead atoms. The number of furan rings is 1. The molecule has 5 rings (SSSR count). The number of aromatic nitrogens is 2. The Labute approximate surface area is 154 Å². The monoisotopic (exact) mass is 359 g/mol.